The van der Waals surface area contributed by atoms with E-state index in [2.05, 4.69) is 0 Å². The fraction of sp³-hybridized carbons (Fsp3) is 0.250. The zero-order chi connectivity index (χ0) is 18.2. The number of para-hydroxylation sites is 1. The van der Waals surface area contributed by atoms with Gasteiger partial charge in [-0.1, -0.05) is 29.8 Å². The Morgan fingerprint density at radius 2 is 1.88 bits per heavy atom. The van der Waals surface area contributed by atoms with E-state index in [1.807, 2.05) is 24.1 Å². The molecule has 3 rings (SSSR count). The number of hydrogen-bond donors (Lipinski definition) is 0. The lowest BCUT2D eigenvalue weighted by molar-refractivity contribution is -0.384. The Hall–Kier alpha value is -2.16. The number of non-ortho nitro benzene ring substituents is 1. The molecule has 2 aromatic carbocycles. The quantitative estimate of drug-likeness (QED) is 0.603. The number of rotatable bonds is 3. The molecule has 0 N–H and O–H groups in total. The van der Waals surface area contributed by atoms with E-state index in [-0.39, 0.29) is 22.2 Å². The van der Waals surface area contributed by atoms with Crippen LogP contribution in [0.3, 0.4) is 0 Å². The molecule has 0 saturated carbocycles. The number of fused-ring (bicyclic) bond motifs is 1. The fourth-order valence-electron chi connectivity index (χ4n) is 2.82. The molecule has 0 atom stereocenters. The number of hydrogen-bond acceptors (Lipinski definition) is 5. The summed E-state index contributed by atoms with van der Waals surface area (Å²) in [4.78, 5) is 12.1. The summed E-state index contributed by atoms with van der Waals surface area (Å²) >= 11 is 6.05. The molecule has 0 radical (unpaired) electrons. The van der Waals surface area contributed by atoms with Crippen LogP contribution in [0, 0.1) is 10.1 Å². The van der Waals surface area contributed by atoms with Crippen molar-refractivity contribution in [1.82, 2.24) is 4.90 Å². The van der Waals surface area contributed by atoms with E-state index < -0.39 is 14.9 Å². The molecule has 0 bridgehead atoms. The molecule has 0 unspecified atom stereocenters. The van der Waals surface area contributed by atoms with Crippen molar-refractivity contribution >= 4 is 33.0 Å². The van der Waals surface area contributed by atoms with Crippen molar-refractivity contribution in [2.45, 2.75) is 11.4 Å². The number of anilines is 1. The minimum Gasteiger partial charge on any atom is -0.300 e. The van der Waals surface area contributed by atoms with E-state index in [0.29, 0.717) is 18.8 Å². The van der Waals surface area contributed by atoms with Crippen molar-refractivity contribution in [1.29, 1.82) is 0 Å². The van der Waals surface area contributed by atoms with Crippen molar-refractivity contribution in [2.75, 3.05) is 24.4 Å². The first-order valence-electron chi connectivity index (χ1n) is 7.54. The summed E-state index contributed by atoms with van der Waals surface area (Å²) in [5.74, 6) is 0. The molecule has 9 heteroatoms. The second kappa shape index (κ2) is 6.62. The van der Waals surface area contributed by atoms with E-state index in [1.165, 1.54) is 10.4 Å². The van der Waals surface area contributed by atoms with Crippen LogP contribution >= 0.6 is 11.6 Å². The maximum Gasteiger partial charge on any atom is 0.271 e. The van der Waals surface area contributed by atoms with Crippen molar-refractivity contribution in [3.8, 4) is 0 Å². The summed E-state index contributed by atoms with van der Waals surface area (Å²) in [5, 5.41) is 10.7. The molecule has 25 heavy (non-hydrogen) atoms. The minimum absolute atomic E-state index is 0.140. The van der Waals surface area contributed by atoms with Crippen LogP contribution < -0.4 is 4.31 Å². The molecule has 1 heterocycles. The van der Waals surface area contributed by atoms with Crippen molar-refractivity contribution in [2.24, 2.45) is 0 Å². The number of benzene rings is 2. The Labute approximate surface area is 150 Å². The van der Waals surface area contributed by atoms with Gasteiger partial charge in [0.1, 0.15) is 4.90 Å². The van der Waals surface area contributed by atoms with Gasteiger partial charge in [-0.2, -0.15) is 0 Å². The molecule has 0 saturated heterocycles. The zero-order valence-electron chi connectivity index (χ0n) is 13.4. The third-order valence-electron chi connectivity index (χ3n) is 4.08. The van der Waals surface area contributed by atoms with Gasteiger partial charge in [-0.25, -0.2) is 8.42 Å². The SMILES string of the molecule is CN1CCN(S(=O)(=O)c2ccc([N+](=O)[O-])cc2Cl)c2ccccc2C1. The Balaban J connectivity index is 2.10. The number of nitrogens with zero attached hydrogens (tertiary/aromatic N) is 3. The predicted octanol–water partition coefficient (Wildman–Crippen LogP) is 2.89. The monoisotopic (exact) mass is 381 g/mol. The van der Waals surface area contributed by atoms with Gasteiger partial charge >= 0.3 is 0 Å². The largest absolute Gasteiger partial charge is 0.300 e. The van der Waals surface area contributed by atoms with Crippen LogP contribution in [0.15, 0.2) is 47.4 Å². The molecular weight excluding hydrogens is 366 g/mol. The third kappa shape index (κ3) is 3.33. The van der Waals surface area contributed by atoms with Crippen molar-refractivity contribution in [3.05, 3.63) is 63.2 Å². The van der Waals surface area contributed by atoms with Gasteiger partial charge < -0.3 is 4.90 Å². The molecule has 0 aromatic heterocycles. The fourth-order valence-corrected chi connectivity index (χ4v) is 4.83. The summed E-state index contributed by atoms with van der Waals surface area (Å²) in [6.07, 6.45) is 0. The molecule has 0 amide bonds. The maximum atomic E-state index is 13.2. The summed E-state index contributed by atoms with van der Waals surface area (Å²) in [6, 6.07) is 10.7. The molecule has 0 spiro atoms. The van der Waals surface area contributed by atoms with Crippen LogP contribution in [-0.2, 0) is 16.6 Å². The Kier molecular flexibility index (Phi) is 4.68. The number of nitro benzene ring substituents is 1. The molecule has 0 fully saturated rings. The average Bonchev–Trinajstić information content (AvgIpc) is 2.72. The standard InChI is InChI=1S/C16H16ClN3O4S/c1-18-8-9-19(15-5-3-2-4-12(15)11-18)25(23,24)16-7-6-13(20(21)22)10-14(16)17/h2-7,10H,8-9,11H2,1H3. The topological polar surface area (TPSA) is 83.8 Å². The summed E-state index contributed by atoms with van der Waals surface area (Å²) in [6.45, 7) is 1.46. The van der Waals surface area contributed by atoms with Gasteiger partial charge in [-0.05, 0) is 24.7 Å². The highest BCUT2D eigenvalue weighted by Crippen LogP contribution is 2.33. The van der Waals surface area contributed by atoms with Crippen LogP contribution in [0.1, 0.15) is 5.56 Å². The van der Waals surface area contributed by atoms with E-state index in [0.717, 1.165) is 17.7 Å². The molecule has 0 aliphatic carbocycles. The van der Waals surface area contributed by atoms with Crippen LogP contribution in [0.2, 0.25) is 5.02 Å². The molecule has 132 valence electrons. The normalized spacial score (nSPS) is 15.5. The Morgan fingerprint density at radius 1 is 1.16 bits per heavy atom. The van der Waals surface area contributed by atoms with Gasteiger partial charge in [0.05, 0.1) is 15.6 Å². The van der Waals surface area contributed by atoms with Crippen LogP contribution in [0.25, 0.3) is 0 Å². The average molecular weight is 382 g/mol. The van der Waals surface area contributed by atoms with Gasteiger partial charge in [0.25, 0.3) is 15.7 Å². The van der Waals surface area contributed by atoms with E-state index in [9.17, 15) is 18.5 Å². The van der Waals surface area contributed by atoms with E-state index >= 15 is 0 Å². The number of halogens is 1. The number of sulfonamides is 1. The Bertz CT molecular complexity index is 933. The highest BCUT2D eigenvalue weighted by molar-refractivity contribution is 7.93. The van der Waals surface area contributed by atoms with E-state index in [1.54, 1.807) is 12.1 Å². The van der Waals surface area contributed by atoms with Gasteiger partial charge in [0.2, 0.25) is 0 Å². The molecule has 1 aliphatic heterocycles. The zero-order valence-corrected chi connectivity index (χ0v) is 15.0. The third-order valence-corrected chi connectivity index (χ3v) is 6.38. The summed E-state index contributed by atoms with van der Waals surface area (Å²) in [7, 11) is -2.02. The lowest BCUT2D eigenvalue weighted by Crippen LogP contribution is -2.35. The predicted molar refractivity (Wildman–Crippen MR) is 95.4 cm³/mol. The lowest BCUT2D eigenvalue weighted by atomic mass is 10.2. The lowest BCUT2D eigenvalue weighted by Gasteiger charge is -2.24. The first-order chi connectivity index (χ1) is 11.8. The first kappa shape index (κ1) is 17.7. The van der Waals surface area contributed by atoms with Crippen LogP contribution in [0.4, 0.5) is 11.4 Å². The van der Waals surface area contributed by atoms with Gasteiger partial charge in [0, 0.05) is 31.8 Å². The number of nitro groups is 1. The second-order valence-corrected chi connectivity index (χ2v) is 8.05. The first-order valence-corrected chi connectivity index (χ1v) is 9.35. The van der Waals surface area contributed by atoms with E-state index in [4.69, 9.17) is 11.6 Å². The highest BCUT2D eigenvalue weighted by atomic mass is 35.5. The maximum absolute atomic E-state index is 13.2. The van der Waals surface area contributed by atoms with Crippen LogP contribution in [0.5, 0.6) is 0 Å². The molecule has 2 aromatic rings. The van der Waals surface area contributed by atoms with Gasteiger partial charge in [-0.3, -0.25) is 14.4 Å². The van der Waals surface area contributed by atoms with Gasteiger partial charge in [0.15, 0.2) is 0 Å². The smallest absolute Gasteiger partial charge is 0.271 e. The van der Waals surface area contributed by atoms with Gasteiger partial charge in [-0.15, -0.1) is 0 Å². The second-order valence-electron chi connectivity index (χ2n) is 5.82. The van der Waals surface area contributed by atoms with Crippen molar-refractivity contribution in [3.63, 3.8) is 0 Å². The summed E-state index contributed by atoms with van der Waals surface area (Å²) in [5.41, 5.74) is 1.24. The molecule has 1 aliphatic rings. The number of likely N-dealkylation sites (N-methyl/N-ethyl adjacent to an activating group) is 1. The highest BCUT2D eigenvalue weighted by Gasteiger charge is 2.31. The van der Waals surface area contributed by atoms with Crippen molar-refractivity contribution < 1.29 is 13.3 Å². The van der Waals surface area contributed by atoms with Crippen LogP contribution in [-0.4, -0.2) is 38.4 Å². The molecule has 7 nitrogen and oxygen atoms in total. The Morgan fingerprint density at radius 3 is 2.56 bits per heavy atom. The molecular formula is C16H16ClN3O4S. The summed E-state index contributed by atoms with van der Waals surface area (Å²) < 4.78 is 27.6. The minimum atomic E-state index is -3.94.